The summed E-state index contributed by atoms with van der Waals surface area (Å²) in [5, 5.41) is 7.05. The molecular weight excluding hydrogens is 376 g/mol. The molecule has 0 radical (unpaired) electrons. The highest BCUT2D eigenvalue weighted by molar-refractivity contribution is 7.99. The van der Waals surface area contributed by atoms with Gasteiger partial charge in [0.05, 0.1) is 18.0 Å². The molecular formula is C17H27ClN4O3S. The molecule has 1 aromatic heterocycles. The molecule has 0 saturated carbocycles. The summed E-state index contributed by atoms with van der Waals surface area (Å²) in [5.74, 6) is 2.32. The van der Waals surface area contributed by atoms with Crippen LogP contribution in [0.2, 0.25) is 0 Å². The molecule has 0 bridgehead atoms. The smallest absolute Gasteiger partial charge is 0.236 e. The SMILES string of the molecule is Cc1noc(C)c1CSCC(=O)N1CCCC(N2CCNCC2=O)C1.Cl. The molecule has 2 amide bonds. The summed E-state index contributed by atoms with van der Waals surface area (Å²) in [6.07, 6.45) is 1.95. The van der Waals surface area contributed by atoms with Gasteiger partial charge in [0.2, 0.25) is 11.8 Å². The number of thioether (sulfide) groups is 1. The van der Waals surface area contributed by atoms with Crippen LogP contribution < -0.4 is 5.32 Å². The van der Waals surface area contributed by atoms with Gasteiger partial charge in [-0.2, -0.15) is 0 Å². The number of piperidine rings is 1. The normalized spacial score (nSPS) is 20.8. The first kappa shape index (κ1) is 21.1. The van der Waals surface area contributed by atoms with E-state index in [1.807, 2.05) is 23.6 Å². The monoisotopic (exact) mass is 402 g/mol. The lowest BCUT2D eigenvalue weighted by atomic mass is 10.0. The maximum Gasteiger partial charge on any atom is 0.236 e. The van der Waals surface area contributed by atoms with Crippen molar-refractivity contribution in [3.63, 3.8) is 0 Å². The van der Waals surface area contributed by atoms with E-state index in [4.69, 9.17) is 4.52 Å². The van der Waals surface area contributed by atoms with Gasteiger partial charge in [-0.25, -0.2) is 0 Å². The summed E-state index contributed by atoms with van der Waals surface area (Å²) in [4.78, 5) is 28.5. The van der Waals surface area contributed by atoms with Crippen molar-refractivity contribution in [2.75, 3.05) is 38.5 Å². The van der Waals surface area contributed by atoms with Crippen LogP contribution >= 0.6 is 24.2 Å². The van der Waals surface area contributed by atoms with E-state index >= 15 is 0 Å². The number of piperazine rings is 1. The van der Waals surface area contributed by atoms with Crippen molar-refractivity contribution in [3.8, 4) is 0 Å². The van der Waals surface area contributed by atoms with E-state index < -0.39 is 0 Å². The van der Waals surface area contributed by atoms with Gasteiger partial charge in [0.1, 0.15) is 5.76 Å². The summed E-state index contributed by atoms with van der Waals surface area (Å²) in [6.45, 7) is 7.27. The average molecular weight is 403 g/mol. The Bertz CT molecular complexity index is 620. The second kappa shape index (κ2) is 9.62. The van der Waals surface area contributed by atoms with Crippen LogP contribution in [0.5, 0.6) is 0 Å². The highest BCUT2D eigenvalue weighted by Crippen LogP contribution is 2.21. The molecule has 3 rings (SSSR count). The van der Waals surface area contributed by atoms with Crippen molar-refractivity contribution in [1.29, 1.82) is 0 Å². The van der Waals surface area contributed by atoms with Crippen molar-refractivity contribution in [2.45, 2.75) is 38.5 Å². The summed E-state index contributed by atoms with van der Waals surface area (Å²) in [7, 11) is 0. The van der Waals surface area contributed by atoms with E-state index in [2.05, 4.69) is 10.5 Å². The third kappa shape index (κ3) is 4.92. The number of halogens is 1. The predicted octanol–water partition coefficient (Wildman–Crippen LogP) is 1.37. The summed E-state index contributed by atoms with van der Waals surface area (Å²) in [5.41, 5.74) is 1.98. The fourth-order valence-corrected chi connectivity index (χ4v) is 4.56. The number of amides is 2. The number of nitrogens with one attached hydrogen (secondary N) is 1. The standard InChI is InChI=1S/C17H26N4O3S.ClH/c1-12-15(13(2)24-19-12)10-25-11-17(23)20-6-3-4-14(9-20)21-7-5-18-8-16(21)22;/h14,18H,3-11H2,1-2H3;1H. The van der Waals surface area contributed by atoms with E-state index in [-0.39, 0.29) is 30.3 Å². The van der Waals surface area contributed by atoms with Gasteiger partial charge < -0.3 is 19.6 Å². The first-order chi connectivity index (χ1) is 12.1. The van der Waals surface area contributed by atoms with Crippen LogP contribution in [0.15, 0.2) is 4.52 Å². The molecule has 1 aromatic rings. The van der Waals surface area contributed by atoms with Crippen LogP contribution in [0.3, 0.4) is 0 Å². The molecule has 2 aliphatic heterocycles. The number of likely N-dealkylation sites (tertiary alicyclic amines) is 1. The van der Waals surface area contributed by atoms with Crippen LogP contribution in [0.1, 0.15) is 29.9 Å². The molecule has 0 aliphatic carbocycles. The Labute approximate surface area is 164 Å². The van der Waals surface area contributed by atoms with Gasteiger partial charge in [-0.3, -0.25) is 9.59 Å². The van der Waals surface area contributed by atoms with Gasteiger partial charge in [-0.15, -0.1) is 24.2 Å². The molecule has 1 unspecified atom stereocenters. The highest BCUT2D eigenvalue weighted by atomic mass is 35.5. The largest absolute Gasteiger partial charge is 0.361 e. The number of nitrogens with zero attached hydrogens (tertiary/aromatic N) is 3. The number of hydrogen-bond acceptors (Lipinski definition) is 6. The van der Waals surface area contributed by atoms with Crippen molar-refractivity contribution in [2.24, 2.45) is 0 Å². The van der Waals surface area contributed by atoms with Crippen LogP contribution in [0, 0.1) is 13.8 Å². The molecule has 1 N–H and O–H groups in total. The van der Waals surface area contributed by atoms with Crippen molar-refractivity contribution < 1.29 is 14.1 Å². The molecule has 1 atom stereocenters. The van der Waals surface area contributed by atoms with Crippen LogP contribution in [0.25, 0.3) is 0 Å². The summed E-state index contributed by atoms with van der Waals surface area (Å²) < 4.78 is 5.16. The molecule has 2 fully saturated rings. The number of rotatable bonds is 5. The molecule has 2 saturated heterocycles. The molecule has 9 heteroatoms. The third-order valence-corrected chi connectivity index (χ3v) is 5.91. The van der Waals surface area contributed by atoms with Gasteiger partial charge in [0, 0.05) is 43.5 Å². The van der Waals surface area contributed by atoms with E-state index in [1.54, 1.807) is 11.8 Å². The van der Waals surface area contributed by atoms with Crippen LogP contribution in [-0.4, -0.2) is 71.3 Å². The topological polar surface area (TPSA) is 78.7 Å². The Morgan fingerprint density at radius 3 is 2.88 bits per heavy atom. The van der Waals surface area contributed by atoms with E-state index in [9.17, 15) is 9.59 Å². The average Bonchev–Trinajstić information content (AvgIpc) is 2.94. The van der Waals surface area contributed by atoms with E-state index in [0.29, 0.717) is 18.8 Å². The van der Waals surface area contributed by atoms with Gasteiger partial charge in [0.15, 0.2) is 0 Å². The van der Waals surface area contributed by atoms with Crippen molar-refractivity contribution in [1.82, 2.24) is 20.3 Å². The highest BCUT2D eigenvalue weighted by Gasteiger charge is 2.31. The lowest BCUT2D eigenvalue weighted by Gasteiger charge is -2.41. The molecule has 2 aliphatic rings. The maximum absolute atomic E-state index is 12.6. The zero-order valence-corrected chi connectivity index (χ0v) is 17.0. The van der Waals surface area contributed by atoms with Crippen LogP contribution in [0.4, 0.5) is 0 Å². The van der Waals surface area contributed by atoms with Crippen molar-refractivity contribution >= 4 is 36.0 Å². The molecule has 26 heavy (non-hydrogen) atoms. The number of aryl methyl sites for hydroxylation is 2. The van der Waals surface area contributed by atoms with E-state index in [0.717, 1.165) is 55.2 Å². The quantitative estimate of drug-likeness (QED) is 0.801. The molecule has 7 nitrogen and oxygen atoms in total. The first-order valence-corrected chi connectivity index (χ1v) is 9.99. The Hall–Kier alpha value is -1.25. The van der Waals surface area contributed by atoms with E-state index in [1.165, 1.54) is 0 Å². The second-order valence-electron chi connectivity index (χ2n) is 6.70. The lowest BCUT2D eigenvalue weighted by molar-refractivity contribution is -0.139. The number of aromatic nitrogens is 1. The zero-order chi connectivity index (χ0) is 17.8. The minimum Gasteiger partial charge on any atom is -0.361 e. The molecule has 146 valence electrons. The summed E-state index contributed by atoms with van der Waals surface area (Å²) >= 11 is 1.60. The Kier molecular flexibility index (Phi) is 7.79. The second-order valence-corrected chi connectivity index (χ2v) is 7.68. The minimum absolute atomic E-state index is 0. The fourth-order valence-electron chi connectivity index (χ4n) is 3.48. The zero-order valence-electron chi connectivity index (χ0n) is 15.3. The lowest BCUT2D eigenvalue weighted by Crippen LogP contribution is -2.57. The number of carbonyl (C=O) groups is 2. The van der Waals surface area contributed by atoms with Gasteiger partial charge in [-0.05, 0) is 26.7 Å². The summed E-state index contributed by atoms with van der Waals surface area (Å²) in [6, 6.07) is 0.167. The molecule has 3 heterocycles. The fraction of sp³-hybridized carbons (Fsp3) is 0.706. The van der Waals surface area contributed by atoms with Crippen molar-refractivity contribution in [3.05, 3.63) is 17.0 Å². The Morgan fingerprint density at radius 2 is 2.19 bits per heavy atom. The Morgan fingerprint density at radius 1 is 1.38 bits per heavy atom. The van der Waals surface area contributed by atoms with Gasteiger partial charge in [0.25, 0.3) is 0 Å². The van der Waals surface area contributed by atoms with Crippen LogP contribution in [-0.2, 0) is 15.3 Å². The van der Waals surface area contributed by atoms with Gasteiger partial charge >= 0.3 is 0 Å². The minimum atomic E-state index is 0. The predicted molar refractivity (Wildman–Crippen MR) is 104 cm³/mol. The molecule has 0 aromatic carbocycles. The number of hydrogen-bond donors (Lipinski definition) is 1. The Balaban J connectivity index is 0.00000243. The maximum atomic E-state index is 12.6. The molecule has 0 spiro atoms. The number of carbonyl (C=O) groups excluding carboxylic acids is 2. The first-order valence-electron chi connectivity index (χ1n) is 8.83. The third-order valence-electron chi connectivity index (χ3n) is 4.97. The van der Waals surface area contributed by atoms with Gasteiger partial charge in [-0.1, -0.05) is 5.16 Å².